The molecule has 0 heterocycles. The summed E-state index contributed by atoms with van der Waals surface area (Å²) in [5.74, 6) is -0.327. The molecule has 0 unspecified atom stereocenters. The molecule has 0 fully saturated rings. The van der Waals surface area contributed by atoms with Crippen LogP contribution < -0.4 is 5.73 Å². The van der Waals surface area contributed by atoms with Crippen LogP contribution in [0.25, 0.3) is 0 Å². The highest BCUT2D eigenvalue weighted by Crippen LogP contribution is 1.94. The van der Waals surface area contributed by atoms with E-state index < -0.39 is 6.04 Å². The number of halogens is 1. The molecule has 0 amide bonds. The molecule has 0 spiro atoms. The molecule has 0 aliphatic carbocycles. The van der Waals surface area contributed by atoms with Crippen LogP contribution >= 0.6 is 22.6 Å². The third-order valence-electron chi connectivity index (χ3n) is 0.924. The van der Waals surface area contributed by atoms with Gasteiger partial charge in [-0.05, 0) is 6.42 Å². The number of hydrogen-bond donors (Lipinski definition) is 1. The van der Waals surface area contributed by atoms with E-state index in [0.717, 1.165) is 4.43 Å². The van der Waals surface area contributed by atoms with E-state index in [4.69, 9.17) is 5.73 Å². The standard InChI is InChI=1S/C5H10INO2/c1-9-5(8)4(7)2-3-6/h4H,2-3,7H2,1H3/t4-/m1/s1. The zero-order valence-electron chi connectivity index (χ0n) is 5.26. The molecule has 9 heavy (non-hydrogen) atoms. The van der Waals surface area contributed by atoms with E-state index in [-0.39, 0.29) is 5.97 Å². The van der Waals surface area contributed by atoms with Gasteiger partial charge < -0.3 is 10.5 Å². The van der Waals surface area contributed by atoms with Gasteiger partial charge >= 0.3 is 5.97 Å². The first-order valence-corrected chi connectivity index (χ1v) is 4.14. The molecule has 0 aromatic rings. The van der Waals surface area contributed by atoms with Crippen molar-refractivity contribution in [3.63, 3.8) is 0 Å². The molecule has 0 rings (SSSR count). The molecule has 0 aromatic heterocycles. The second-order valence-corrected chi connectivity index (χ2v) is 2.69. The first kappa shape index (κ1) is 9.16. The summed E-state index contributed by atoms with van der Waals surface area (Å²) in [6, 6.07) is -0.438. The van der Waals surface area contributed by atoms with E-state index in [2.05, 4.69) is 27.3 Å². The van der Waals surface area contributed by atoms with Crippen molar-refractivity contribution in [3.05, 3.63) is 0 Å². The van der Waals surface area contributed by atoms with Crippen LogP contribution in [-0.2, 0) is 9.53 Å². The third-order valence-corrected chi connectivity index (χ3v) is 1.55. The molecule has 0 aromatic carbocycles. The molecule has 0 saturated heterocycles. The van der Waals surface area contributed by atoms with Gasteiger partial charge in [-0.25, -0.2) is 0 Å². The Hall–Kier alpha value is 0.160. The first-order chi connectivity index (χ1) is 4.22. The fraction of sp³-hybridized carbons (Fsp3) is 0.800. The molecular formula is C5H10INO2. The molecule has 2 N–H and O–H groups in total. The van der Waals surface area contributed by atoms with Crippen molar-refractivity contribution in [1.82, 2.24) is 0 Å². The molecule has 3 nitrogen and oxygen atoms in total. The summed E-state index contributed by atoms with van der Waals surface area (Å²) in [6.45, 7) is 0. The van der Waals surface area contributed by atoms with Gasteiger partial charge in [0.2, 0.25) is 0 Å². The smallest absolute Gasteiger partial charge is 0.322 e. The summed E-state index contributed by atoms with van der Waals surface area (Å²) in [7, 11) is 1.34. The molecule has 0 bridgehead atoms. The van der Waals surface area contributed by atoms with E-state index in [0.29, 0.717) is 6.42 Å². The van der Waals surface area contributed by atoms with E-state index in [1.807, 2.05) is 0 Å². The summed E-state index contributed by atoms with van der Waals surface area (Å²) >= 11 is 2.16. The van der Waals surface area contributed by atoms with Crippen molar-refractivity contribution in [2.45, 2.75) is 12.5 Å². The lowest BCUT2D eigenvalue weighted by Crippen LogP contribution is -2.31. The fourth-order valence-electron chi connectivity index (χ4n) is 0.387. The van der Waals surface area contributed by atoms with Crippen LogP contribution in [0.3, 0.4) is 0 Å². The van der Waals surface area contributed by atoms with Crippen molar-refractivity contribution in [2.24, 2.45) is 5.73 Å². The zero-order valence-corrected chi connectivity index (χ0v) is 7.42. The Morgan fingerprint density at radius 2 is 2.44 bits per heavy atom. The van der Waals surface area contributed by atoms with Crippen LogP contribution in [0.1, 0.15) is 6.42 Å². The van der Waals surface area contributed by atoms with Gasteiger partial charge in [-0.1, -0.05) is 22.6 Å². The topological polar surface area (TPSA) is 52.3 Å². The van der Waals surface area contributed by atoms with Crippen LogP contribution in [0.5, 0.6) is 0 Å². The Kier molecular flexibility index (Phi) is 5.07. The van der Waals surface area contributed by atoms with Gasteiger partial charge in [-0.3, -0.25) is 4.79 Å². The summed E-state index contributed by atoms with van der Waals surface area (Å²) in [6.07, 6.45) is 0.688. The Morgan fingerprint density at radius 3 is 2.78 bits per heavy atom. The summed E-state index contributed by atoms with van der Waals surface area (Å²) in [5.41, 5.74) is 5.36. The second-order valence-electron chi connectivity index (χ2n) is 1.61. The van der Waals surface area contributed by atoms with Crippen LogP contribution in [0.2, 0.25) is 0 Å². The maximum atomic E-state index is 10.6. The van der Waals surface area contributed by atoms with E-state index in [1.54, 1.807) is 0 Å². The van der Waals surface area contributed by atoms with Gasteiger partial charge in [0.05, 0.1) is 7.11 Å². The van der Waals surface area contributed by atoms with Crippen LogP contribution in [0.15, 0.2) is 0 Å². The van der Waals surface area contributed by atoms with Gasteiger partial charge in [-0.2, -0.15) is 0 Å². The van der Waals surface area contributed by atoms with Crippen molar-refractivity contribution in [3.8, 4) is 0 Å². The lowest BCUT2D eigenvalue weighted by Gasteiger charge is -2.04. The van der Waals surface area contributed by atoms with Crippen molar-refractivity contribution in [2.75, 3.05) is 11.5 Å². The minimum absolute atomic E-state index is 0.327. The van der Waals surface area contributed by atoms with Crippen molar-refractivity contribution < 1.29 is 9.53 Å². The first-order valence-electron chi connectivity index (χ1n) is 2.61. The Morgan fingerprint density at radius 1 is 1.89 bits per heavy atom. The van der Waals surface area contributed by atoms with Crippen LogP contribution in [0.4, 0.5) is 0 Å². The van der Waals surface area contributed by atoms with Gasteiger partial charge in [0.25, 0.3) is 0 Å². The summed E-state index contributed by atoms with van der Waals surface area (Å²) in [5, 5.41) is 0. The van der Waals surface area contributed by atoms with Gasteiger partial charge in [0.1, 0.15) is 6.04 Å². The van der Waals surface area contributed by atoms with Gasteiger partial charge in [0, 0.05) is 4.43 Å². The zero-order chi connectivity index (χ0) is 7.28. The van der Waals surface area contributed by atoms with Crippen molar-refractivity contribution >= 4 is 28.6 Å². The number of alkyl halides is 1. The highest BCUT2D eigenvalue weighted by Gasteiger charge is 2.11. The number of carbonyl (C=O) groups excluding carboxylic acids is 1. The largest absolute Gasteiger partial charge is 0.468 e. The number of ether oxygens (including phenoxy) is 1. The predicted molar refractivity (Wildman–Crippen MR) is 43.5 cm³/mol. The van der Waals surface area contributed by atoms with E-state index >= 15 is 0 Å². The van der Waals surface area contributed by atoms with Gasteiger partial charge in [0.15, 0.2) is 0 Å². The lowest BCUT2D eigenvalue weighted by molar-refractivity contribution is -0.142. The molecular weight excluding hydrogens is 233 g/mol. The molecule has 1 atom stereocenters. The Labute approximate surface area is 68.1 Å². The number of hydrogen-bond acceptors (Lipinski definition) is 3. The predicted octanol–water partition coefficient (Wildman–Crippen LogP) is 0.312. The number of carbonyl (C=O) groups is 1. The molecule has 0 saturated carbocycles. The molecule has 54 valence electrons. The summed E-state index contributed by atoms with van der Waals surface area (Å²) < 4.78 is 5.28. The molecule has 0 aliphatic rings. The molecule has 4 heteroatoms. The van der Waals surface area contributed by atoms with Crippen LogP contribution in [0, 0.1) is 0 Å². The van der Waals surface area contributed by atoms with Crippen LogP contribution in [-0.4, -0.2) is 23.5 Å². The highest BCUT2D eigenvalue weighted by atomic mass is 127. The van der Waals surface area contributed by atoms with Crippen molar-refractivity contribution in [1.29, 1.82) is 0 Å². The fourth-order valence-corrected chi connectivity index (χ4v) is 1.06. The number of rotatable bonds is 3. The minimum atomic E-state index is -0.438. The third kappa shape index (κ3) is 3.69. The Balaban J connectivity index is 3.45. The molecule has 0 radical (unpaired) electrons. The second kappa shape index (κ2) is 4.99. The number of methoxy groups -OCH3 is 1. The maximum Gasteiger partial charge on any atom is 0.322 e. The van der Waals surface area contributed by atoms with E-state index in [9.17, 15) is 4.79 Å². The lowest BCUT2D eigenvalue weighted by atomic mass is 10.2. The monoisotopic (exact) mass is 243 g/mol. The summed E-state index contributed by atoms with van der Waals surface area (Å²) in [4.78, 5) is 10.6. The normalized spacial score (nSPS) is 12.8. The quantitative estimate of drug-likeness (QED) is 0.441. The van der Waals surface area contributed by atoms with Gasteiger partial charge in [-0.15, -0.1) is 0 Å². The minimum Gasteiger partial charge on any atom is -0.468 e. The number of nitrogens with two attached hydrogens (primary N) is 1. The average molecular weight is 243 g/mol. The van der Waals surface area contributed by atoms with E-state index in [1.165, 1.54) is 7.11 Å². The average Bonchev–Trinajstić information content (AvgIpc) is 1.87. The number of esters is 1. The maximum absolute atomic E-state index is 10.6. The Bertz CT molecular complexity index is 97.0. The molecule has 0 aliphatic heterocycles. The highest BCUT2D eigenvalue weighted by molar-refractivity contribution is 14.1. The SMILES string of the molecule is COC(=O)[C@H](N)CCI.